The third-order valence-electron chi connectivity index (χ3n) is 4.60. The second-order valence-corrected chi connectivity index (χ2v) is 6.53. The Balaban J connectivity index is 1.27. The molecule has 1 amide bonds. The van der Waals surface area contributed by atoms with E-state index in [9.17, 15) is 4.79 Å². The molecule has 0 aliphatic carbocycles. The lowest BCUT2D eigenvalue weighted by atomic mass is 10.1. The summed E-state index contributed by atoms with van der Waals surface area (Å²) in [6.07, 6.45) is 5.45. The summed E-state index contributed by atoms with van der Waals surface area (Å²) < 4.78 is 16.3. The Morgan fingerprint density at radius 1 is 1.26 bits per heavy atom. The van der Waals surface area contributed by atoms with E-state index in [1.165, 1.54) is 12.5 Å². The van der Waals surface area contributed by atoms with Gasteiger partial charge in [0.25, 0.3) is 11.8 Å². The lowest BCUT2D eigenvalue weighted by Crippen LogP contribution is -2.43. The monoisotopic (exact) mass is 367 g/mol. The molecule has 0 saturated carbocycles. The minimum Gasteiger partial charge on any atom is -0.472 e. The van der Waals surface area contributed by atoms with Crippen LogP contribution in [0.3, 0.4) is 0 Å². The molecule has 2 aromatic heterocycles. The number of piperidine rings is 1. The number of ether oxygens (including phenoxy) is 1. The molecular formula is C20H21N3O4. The van der Waals surface area contributed by atoms with Crippen LogP contribution in [0.1, 0.15) is 29.0 Å². The largest absolute Gasteiger partial charge is 0.472 e. The molecule has 3 aromatic rings. The lowest BCUT2D eigenvalue weighted by Gasteiger charge is -2.32. The number of benzene rings is 1. The summed E-state index contributed by atoms with van der Waals surface area (Å²) in [5, 5.41) is 4.01. The van der Waals surface area contributed by atoms with E-state index in [0.29, 0.717) is 36.9 Å². The van der Waals surface area contributed by atoms with Crippen molar-refractivity contribution in [3.63, 3.8) is 0 Å². The summed E-state index contributed by atoms with van der Waals surface area (Å²) in [6.45, 7) is 1.83. The number of amides is 1. The smallest absolute Gasteiger partial charge is 0.257 e. The van der Waals surface area contributed by atoms with Crippen molar-refractivity contribution in [3.8, 4) is 11.5 Å². The zero-order valence-electron chi connectivity index (χ0n) is 14.9. The molecular weight excluding hydrogens is 346 g/mol. The van der Waals surface area contributed by atoms with Crippen molar-refractivity contribution < 1.29 is 18.5 Å². The van der Waals surface area contributed by atoms with Crippen molar-refractivity contribution >= 4 is 5.91 Å². The minimum absolute atomic E-state index is 0.0114. The average Bonchev–Trinajstić information content (AvgIpc) is 3.41. The number of carbonyl (C=O) groups excluding carboxylic acids is 1. The van der Waals surface area contributed by atoms with Gasteiger partial charge in [0, 0.05) is 25.1 Å². The van der Waals surface area contributed by atoms with Crippen LogP contribution < -0.4 is 0 Å². The topological polar surface area (TPSA) is 81.6 Å². The van der Waals surface area contributed by atoms with Gasteiger partial charge >= 0.3 is 0 Å². The number of rotatable bonds is 6. The third-order valence-corrected chi connectivity index (χ3v) is 4.60. The molecule has 7 heteroatoms. The Hall–Kier alpha value is -2.93. The number of likely N-dealkylation sites (tertiary alicyclic amines) is 1. The first-order valence-electron chi connectivity index (χ1n) is 9.10. The molecule has 1 fully saturated rings. The van der Waals surface area contributed by atoms with Gasteiger partial charge in [0.15, 0.2) is 5.82 Å². The van der Waals surface area contributed by atoms with Crippen LogP contribution in [-0.4, -0.2) is 46.7 Å². The summed E-state index contributed by atoms with van der Waals surface area (Å²) in [5.41, 5.74) is 1.48. The van der Waals surface area contributed by atoms with Gasteiger partial charge in [0.2, 0.25) is 0 Å². The molecule has 0 spiro atoms. The highest BCUT2D eigenvalue weighted by Gasteiger charge is 2.25. The Labute approximate surface area is 156 Å². The first-order valence-corrected chi connectivity index (χ1v) is 9.10. The molecule has 1 aliphatic heterocycles. The highest BCUT2D eigenvalue weighted by molar-refractivity contribution is 5.93. The Morgan fingerprint density at radius 3 is 2.96 bits per heavy atom. The third kappa shape index (κ3) is 4.25. The van der Waals surface area contributed by atoms with Gasteiger partial charge in [-0.2, -0.15) is 4.98 Å². The molecule has 1 atom stereocenters. The molecule has 4 rings (SSSR count). The van der Waals surface area contributed by atoms with Crippen LogP contribution in [0.4, 0.5) is 0 Å². The van der Waals surface area contributed by atoms with Crippen molar-refractivity contribution in [1.82, 2.24) is 15.0 Å². The van der Waals surface area contributed by atoms with E-state index in [2.05, 4.69) is 10.1 Å². The molecule has 140 valence electrons. The summed E-state index contributed by atoms with van der Waals surface area (Å²) in [7, 11) is 0. The van der Waals surface area contributed by atoms with E-state index in [-0.39, 0.29) is 12.0 Å². The van der Waals surface area contributed by atoms with Crippen LogP contribution in [0.25, 0.3) is 11.5 Å². The molecule has 27 heavy (non-hydrogen) atoms. The quantitative estimate of drug-likeness (QED) is 0.665. The van der Waals surface area contributed by atoms with Gasteiger partial charge < -0.3 is 18.6 Å². The molecule has 0 radical (unpaired) electrons. The summed E-state index contributed by atoms with van der Waals surface area (Å²) in [6, 6.07) is 11.4. The molecule has 1 saturated heterocycles. The first kappa shape index (κ1) is 17.5. The fourth-order valence-corrected chi connectivity index (χ4v) is 3.20. The summed E-state index contributed by atoms with van der Waals surface area (Å²) in [5.74, 6) is 1.12. The predicted octanol–water partition coefficient (Wildman–Crippen LogP) is 3.19. The van der Waals surface area contributed by atoms with Crippen LogP contribution in [0.5, 0.6) is 0 Å². The second-order valence-electron chi connectivity index (χ2n) is 6.53. The highest BCUT2D eigenvalue weighted by Crippen LogP contribution is 2.18. The van der Waals surface area contributed by atoms with E-state index in [1.807, 2.05) is 35.2 Å². The van der Waals surface area contributed by atoms with E-state index < -0.39 is 0 Å². The zero-order chi connectivity index (χ0) is 18.5. The molecule has 0 bridgehead atoms. The standard InChI is InChI=1S/C20H21N3O4/c24-20(16-8-11-25-14-16)23-10-4-7-17(13-23)26-12-9-18-21-19(27-22-18)15-5-2-1-3-6-15/h1-3,5-6,8,11,14,17H,4,7,9-10,12-13H2. The number of nitrogens with zero attached hydrogens (tertiary/aromatic N) is 3. The number of carbonyl (C=O) groups is 1. The van der Waals surface area contributed by atoms with Gasteiger partial charge in [-0.15, -0.1) is 0 Å². The van der Waals surface area contributed by atoms with Crippen molar-refractivity contribution in [3.05, 3.63) is 60.3 Å². The number of hydrogen-bond acceptors (Lipinski definition) is 6. The fourth-order valence-electron chi connectivity index (χ4n) is 3.20. The fraction of sp³-hybridized carbons (Fsp3) is 0.350. The van der Waals surface area contributed by atoms with E-state index in [4.69, 9.17) is 13.7 Å². The maximum atomic E-state index is 12.4. The van der Waals surface area contributed by atoms with Crippen LogP contribution in [0, 0.1) is 0 Å². The molecule has 1 aromatic carbocycles. The number of hydrogen-bond donors (Lipinski definition) is 0. The number of furan rings is 1. The molecule has 1 aliphatic rings. The molecule has 7 nitrogen and oxygen atoms in total. The number of aromatic nitrogens is 2. The van der Waals surface area contributed by atoms with Gasteiger partial charge in [-0.3, -0.25) is 4.79 Å². The highest BCUT2D eigenvalue weighted by atomic mass is 16.5. The minimum atomic E-state index is -0.0114. The zero-order valence-corrected chi connectivity index (χ0v) is 14.9. The normalized spacial score (nSPS) is 17.2. The molecule has 3 heterocycles. The van der Waals surface area contributed by atoms with Crippen molar-refractivity contribution in [2.45, 2.75) is 25.4 Å². The lowest BCUT2D eigenvalue weighted by molar-refractivity contribution is 0.00249. The van der Waals surface area contributed by atoms with Crippen molar-refractivity contribution in [2.75, 3.05) is 19.7 Å². The Kier molecular flexibility index (Phi) is 5.29. The van der Waals surface area contributed by atoms with E-state index >= 15 is 0 Å². The predicted molar refractivity (Wildman–Crippen MR) is 97.0 cm³/mol. The molecule has 1 unspecified atom stereocenters. The van der Waals surface area contributed by atoms with Crippen molar-refractivity contribution in [2.24, 2.45) is 0 Å². The van der Waals surface area contributed by atoms with Crippen LogP contribution >= 0.6 is 0 Å². The Morgan fingerprint density at radius 2 is 2.15 bits per heavy atom. The summed E-state index contributed by atoms with van der Waals surface area (Å²) >= 11 is 0. The van der Waals surface area contributed by atoms with Gasteiger partial charge in [-0.05, 0) is 31.0 Å². The van der Waals surface area contributed by atoms with Gasteiger partial charge in [0.05, 0.1) is 24.5 Å². The second kappa shape index (κ2) is 8.18. The Bertz CT molecular complexity index is 861. The molecule has 0 N–H and O–H groups in total. The maximum Gasteiger partial charge on any atom is 0.257 e. The maximum absolute atomic E-state index is 12.4. The van der Waals surface area contributed by atoms with Crippen LogP contribution in [-0.2, 0) is 11.2 Å². The van der Waals surface area contributed by atoms with Gasteiger partial charge in [0.1, 0.15) is 6.26 Å². The summed E-state index contributed by atoms with van der Waals surface area (Å²) in [4.78, 5) is 18.6. The van der Waals surface area contributed by atoms with E-state index in [0.717, 1.165) is 24.9 Å². The van der Waals surface area contributed by atoms with Crippen LogP contribution in [0.15, 0.2) is 57.9 Å². The average molecular weight is 367 g/mol. The van der Waals surface area contributed by atoms with Crippen LogP contribution in [0.2, 0.25) is 0 Å². The van der Waals surface area contributed by atoms with Gasteiger partial charge in [-0.25, -0.2) is 0 Å². The SMILES string of the molecule is O=C(c1ccoc1)N1CCCC(OCCc2noc(-c3ccccc3)n2)C1. The van der Waals surface area contributed by atoms with Crippen molar-refractivity contribution in [1.29, 1.82) is 0 Å². The van der Waals surface area contributed by atoms with E-state index in [1.54, 1.807) is 6.07 Å². The first-order chi connectivity index (χ1) is 13.3. The van der Waals surface area contributed by atoms with Gasteiger partial charge in [-0.1, -0.05) is 23.4 Å².